The van der Waals surface area contributed by atoms with Crippen LogP contribution in [0.1, 0.15) is 52.4 Å². The van der Waals surface area contributed by atoms with E-state index in [1.54, 1.807) is 6.92 Å². The number of fused-ring (bicyclic) bond motifs is 2. The van der Waals surface area contributed by atoms with Crippen LogP contribution in [0.25, 0.3) is 0 Å². The Morgan fingerprint density at radius 3 is 2.72 bits per heavy atom. The molecule has 3 heteroatoms. The molecule has 2 aliphatic carbocycles. The van der Waals surface area contributed by atoms with Crippen molar-refractivity contribution in [3.8, 4) is 0 Å². The van der Waals surface area contributed by atoms with Crippen molar-refractivity contribution >= 4 is 5.97 Å². The van der Waals surface area contributed by atoms with Crippen molar-refractivity contribution in [1.82, 2.24) is 0 Å². The van der Waals surface area contributed by atoms with E-state index in [9.17, 15) is 9.90 Å². The third-order valence-corrected chi connectivity index (χ3v) is 4.44. The summed E-state index contributed by atoms with van der Waals surface area (Å²) in [5.41, 5.74) is 0.0108. The molecule has 4 atom stereocenters. The molecule has 0 aromatic carbocycles. The number of hydrogen-bond donors (Lipinski definition) is 1. The van der Waals surface area contributed by atoms with Gasteiger partial charge in [0.05, 0.1) is 6.10 Å². The summed E-state index contributed by atoms with van der Waals surface area (Å²) in [4.78, 5) is 11.8. The van der Waals surface area contributed by atoms with E-state index in [4.69, 9.17) is 4.74 Å². The van der Waals surface area contributed by atoms with Crippen LogP contribution in [0.2, 0.25) is 0 Å². The number of carbonyl (C=O) groups excluding carboxylic acids is 1. The molecule has 18 heavy (non-hydrogen) atoms. The molecule has 2 saturated carbocycles. The Labute approximate surface area is 109 Å². The average molecular weight is 252 g/mol. The first-order valence-corrected chi connectivity index (χ1v) is 7.01. The van der Waals surface area contributed by atoms with Gasteiger partial charge in [0.1, 0.15) is 5.60 Å². The first kappa shape index (κ1) is 13.6. The number of aliphatic hydroxyl groups excluding tert-OH is 1. The smallest absolute Gasteiger partial charge is 0.333 e. The van der Waals surface area contributed by atoms with Crippen molar-refractivity contribution in [3.05, 3.63) is 12.2 Å². The summed E-state index contributed by atoms with van der Waals surface area (Å²) < 4.78 is 5.72. The van der Waals surface area contributed by atoms with Crippen molar-refractivity contribution < 1.29 is 14.6 Å². The average Bonchev–Trinajstić information content (AvgIpc) is 2.26. The Morgan fingerprint density at radius 1 is 1.39 bits per heavy atom. The van der Waals surface area contributed by atoms with Gasteiger partial charge < -0.3 is 9.84 Å². The summed E-state index contributed by atoms with van der Waals surface area (Å²) in [6, 6.07) is 0. The van der Waals surface area contributed by atoms with Crippen molar-refractivity contribution in [2.75, 3.05) is 0 Å². The molecule has 0 aliphatic heterocycles. The number of esters is 1. The van der Waals surface area contributed by atoms with Crippen LogP contribution in [-0.4, -0.2) is 22.8 Å². The summed E-state index contributed by atoms with van der Waals surface area (Å²) in [7, 11) is 0. The van der Waals surface area contributed by atoms with Crippen LogP contribution in [0.3, 0.4) is 0 Å². The van der Waals surface area contributed by atoms with E-state index in [1.165, 1.54) is 6.42 Å². The predicted octanol–water partition coefficient (Wildman–Crippen LogP) is 2.83. The zero-order valence-electron chi connectivity index (χ0n) is 11.4. The zero-order valence-corrected chi connectivity index (χ0v) is 11.4. The normalized spacial score (nSPS) is 39.2. The first-order valence-electron chi connectivity index (χ1n) is 7.01. The SMILES string of the molecule is C=C(C)C(=O)O[C@@]12CC(O)CC(C[C@H](CC)C1)C2. The minimum absolute atomic E-state index is 0.306. The summed E-state index contributed by atoms with van der Waals surface area (Å²) >= 11 is 0. The highest BCUT2D eigenvalue weighted by molar-refractivity contribution is 5.87. The fraction of sp³-hybridized carbons (Fsp3) is 0.800. The Balaban J connectivity index is 2.15. The Morgan fingerprint density at radius 2 is 2.11 bits per heavy atom. The van der Waals surface area contributed by atoms with Crippen LogP contribution in [0.4, 0.5) is 0 Å². The summed E-state index contributed by atoms with van der Waals surface area (Å²) in [6.45, 7) is 7.51. The summed E-state index contributed by atoms with van der Waals surface area (Å²) in [5.74, 6) is 0.819. The molecule has 0 radical (unpaired) electrons. The molecule has 2 unspecified atom stereocenters. The maximum Gasteiger partial charge on any atom is 0.333 e. The maximum atomic E-state index is 11.8. The lowest BCUT2D eigenvalue weighted by Crippen LogP contribution is -2.49. The van der Waals surface area contributed by atoms with Gasteiger partial charge in [0, 0.05) is 12.0 Å². The number of hydrogen-bond acceptors (Lipinski definition) is 3. The molecule has 102 valence electrons. The monoisotopic (exact) mass is 252 g/mol. The Bertz CT molecular complexity index is 346. The second-order valence-corrected chi connectivity index (χ2v) is 6.23. The molecule has 2 fully saturated rings. The van der Waals surface area contributed by atoms with Gasteiger partial charge in [-0.15, -0.1) is 0 Å². The lowest BCUT2D eigenvalue weighted by Gasteiger charge is -2.49. The molecule has 2 rings (SSSR count). The van der Waals surface area contributed by atoms with E-state index >= 15 is 0 Å². The first-order chi connectivity index (χ1) is 8.44. The molecular formula is C15H24O3. The van der Waals surface area contributed by atoms with E-state index in [-0.39, 0.29) is 12.1 Å². The maximum absolute atomic E-state index is 11.8. The predicted molar refractivity (Wildman–Crippen MR) is 70.0 cm³/mol. The summed E-state index contributed by atoms with van der Waals surface area (Å²) in [5, 5.41) is 9.98. The molecule has 1 N–H and O–H groups in total. The highest BCUT2D eigenvalue weighted by Crippen LogP contribution is 2.48. The minimum atomic E-state index is -0.433. The summed E-state index contributed by atoms with van der Waals surface area (Å²) in [6.07, 6.45) is 5.25. The van der Waals surface area contributed by atoms with Gasteiger partial charge in [-0.05, 0) is 44.4 Å². The van der Waals surface area contributed by atoms with E-state index in [1.807, 2.05) is 0 Å². The molecule has 3 nitrogen and oxygen atoms in total. The molecule has 0 aromatic rings. The Kier molecular flexibility index (Phi) is 3.81. The Hall–Kier alpha value is -0.830. The molecule has 2 aliphatic rings. The van der Waals surface area contributed by atoms with Gasteiger partial charge in [-0.25, -0.2) is 4.79 Å². The lowest BCUT2D eigenvalue weighted by atomic mass is 9.64. The van der Waals surface area contributed by atoms with Crippen LogP contribution in [0.5, 0.6) is 0 Å². The van der Waals surface area contributed by atoms with E-state index in [0.29, 0.717) is 23.8 Å². The molecule has 0 aromatic heterocycles. The number of carbonyl (C=O) groups is 1. The van der Waals surface area contributed by atoms with Gasteiger partial charge >= 0.3 is 5.97 Å². The van der Waals surface area contributed by atoms with Crippen LogP contribution in [0.15, 0.2) is 12.2 Å². The molecule has 0 heterocycles. The zero-order chi connectivity index (χ0) is 13.3. The fourth-order valence-electron chi connectivity index (χ4n) is 3.74. The fourth-order valence-corrected chi connectivity index (χ4v) is 3.74. The second kappa shape index (κ2) is 5.04. The number of aliphatic hydroxyl groups is 1. The van der Waals surface area contributed by atoms with Gasteiger partial charge in [-0.2, -0.15) is 0 Å². The number of ether oxygens (including phenoxy) is 1. The topological polar surface area (TPSA) is 46.5 Å². The van der Waals surface area contributed by atoms with E-state index < -0.39 is 5.60 Å². The van der Waals surface area contributed by atoms with Gasteiger partial charge in [0.2, 0.25) is 0 Å². The van der Waals surface area contributed by atoms with Crippen molar-refractivity contribution in [2.45, 2.75) is 64.1 Å². The third kappa shape index (κ3) is 2.77. The van der Waals surface area contributed by atoms with Crippen LogP contribution in [0, 0.1) is 11.8 Å². The van der Waals surface area contributed by atoms with Crippen LogP contribution < -0.4 is 0 Å². The second-order valence-electron chi connectivity index (χ2n) is 6.23. The standard InChI is InChI=1S/C15H24O3/c1-4-11-5-12-6-13(16)9-15(7-11,8-12)18-14(17)10(2)3/h11-13,16H,2,4-9H2,1,3H3/t11-,12?,13?,15-/m0/s1. The lowest BCUT2D eigenvalue weighted by molar-refractivity contribution is -0.175. The van der Waals surface area contributed by atoms with Gasteiger partial charge in [0.25, 0.3) is 0 Å². The highest BCUT2D eigenvalue weighted by atomic mass is 16.6. The van der Waals surface area contributed by atoms with Gasteiger partial charge in [-0.3, -0.25) is 0 Å². The van der Waals surface area contributed by atoms with E-state index in [0.717, 1.165) is 25.7 Å². The van der Waals surface area contributed by atoms with Crippen molar-refractivity contribution in [3.63, 3.8) is 0 Å². The van der Waals surface area contributed by atoms with Crippen LogP contribution in [-0.2, 0) is 9.53 Å². The molecule has 2 bridgehead atoms. The van der Waals surface area contributed by atoms with Crippen molar-refractivity contribution in [1.29, 1.82) is 0 Å². The minimum Gasteiger partial charge on any atom is -0.456 e. The quantitative estimate of drug-likeness (QED) is 0.620. The number of rotatable bonds is 3. The molecule has 0 saturated heterocycles. The van der Waals surface area contributed by atoms with Crippen molar-refractivity contribution in [2.24, 2.45) is 11.8 Å². The molecular weight excluding hydrogens is 228 g/mol. The van der Waals surface area contributed by atoms with Gasteiger partial charge in [-0.1, -0.05) is 19.9 Å². The van der Waals surface area contributed by atoms with E-state index in [2.05, 4.69) is 13.5 Å². The van der Waals surface area contributed by atoms with Crippen LogP contribution >= 0.6 is 0 Å². The molecule has 0 amide bonds. The largest absolute Gasteiger partial charge is 0.456 e. The third-order valence-electron chi connectivity index (χ3n) is 4.44. The molecule has 0 spiro atoms. The van der Waals surface area contributed by atoms with Gasteiger partial charge in [0.15, 0.2) is 0 Å². The highest BCUT2D eigenvalue weighted by Gasteiger charge is 2.48.